The summed E-state index contributed by atoms with van der Waals surface area (Å²) in [6.45, 7) is 0. The molecule has 0 radical (unpaired) electrons. The highest BCUT2D eigenvalue weighted by Crippen LogP contribution is 2.17. The molecular weight excluding hydrogens is 484 g/mol. The van der Waals surface area contributed by atoms with E-state index in [1.807, 2.05) is 0 Å². The molecule has 14 heteroatoms. The number of hydrogen-bond acceptors (Lipinski definition) is 12. The van der Waals surface area contributed by atoms with Crippen LogP contribution in [0.5, 0.6) is 0 Å². The van der Waals surface area contributed by atoms with E-state index in [9.17, 15) is 39.4 Å². The molecule has 190 valence electrons. The summed E-state index contributed by atoms with van der Waals surface area (Å²) in [5.74, 6) is -4.49. The monoisotopic (exact) mass is 504 g/mol. The van der Waals surface area contributed by atoms with Crippen LogP contribution < -0.4 is 0 Å². The molecule has 0 aliphatic rings. The van der Waals surface area contributed by atoms with E-state index in [0.717, 1.165) is 38.5 Å². The van der Waals surface area contributed by atoms with Crippen molar-refractivity contribution in [3.05, 3.63) is 79.9 Å². The Bertz CT molecular complexity index is 1050. The molecule has 0 N–H and O–H groups in total. The van der Waals surface area contributed by atoms with Crippen LogP contribution in [0.2, 0.25) is 0 Å². The molecule has 0 aliphatic carbocycles. The standard InChI is InChI=1S/C22H20N2O12/c1-33-21(27)19(35-17(25)11-13-3-7-15(8-4-13)23(29)30)20(22(28)34-2)36-18(26)12-14-5-9-16(10-6-14)24(31)32/h3-10,19-20H,11-12H2,1-2H3/t19-,20-/m1/s1. The predicted octanol–water partition coefficient (Wildman–Crippen LogP) is 1.46. The summed E-state index contributed by atoms with van der Waals surface area (Å²) in [6, 6.07) is 9.86. The van der Waals surface area contributed by atoms with Crippen LogP contribution in [0.1, 0.15) is 11.1 Å². The van der Waals surface area contributed by atoms with E-state index >= 15 is 0 Å². The first-order valence-corrected chi connectivity index (χ1v) is 10.1. The van der Waals surface area contributed by atoms with E-state index in [-0.39, 0.29) is 11.4 Å². The van der Waals surface area contributed by atoms with Gasteiger partial charge in [-0.1, -0.05) is 24.3 Å². The van der Waals surface area contributed by atoms with Gasteiger partial charge in [-0.2, -0.15) is 0 Å². The number of non-ortho nitro benzene ring substituents is 2. The molecule has 0 aliphatic heterocycles. The summed E-state index contributed by atoms with van der Waals surface area (Å²) in [5, 5.41) is 21.5. The van der Waals surface area contributed by atoms with Gasteiger partial charge >= 0.3 is 23.9 Å². The fraction of sp³-hybridized carbons (Fsp3) is 0.273. The summed E-state index contributed by atoms with van der Waals surface area (Å²) in [4.78, 5) is 69.7. The molecule has 0 aromatic heterocycles. The first-order chi connectivity index (χ1) is 17.0. The van der Waals surface area contributed by atoms with Gasteiger partial charge in [-0.3, -0.25) is 29.8 Å². The molecule has 2 aromatic rings. The van der Waals surface area contributed by atoms with Crippen molar-refractivity contribution in [2.24, 2.45) is 0 Å². The van der Waals surface area contributed by atoms with Gasteiger partial charge in [0.1, 0.15) is 0 Å². The van der Waals surface area contributed by atoms with E-state index < -0.39 is 58.8 Å². The summed E-state index contributed by atoms with van der Waals surface area (Å²) in [5.41, 5.74) is 0.202. The number of nitro groups is 2. The lowest BCUT2D eigenvalue weighted by Gasteiger charge is -2.23. The quantitative estimate of drug-likeness (QED) is 0.185. The van der Waals surface area contributed by atoms with E-state index in [1.165, 1.54) is 24.3 Å². The van der Waals surface area contributed by atoms with Gasteiger partial charge in [-0.05, 0) is 11.1 Å². The summed E-state index contributed by atoms with van der Waals surface area (Å²) in [7, 11) is 1.90. The molecule has 14 nitrogen and oxygen atoms in total. The molecule has 2 atom stereocenters. The third kappa shape index (κ3) is 7.58. The Morgan fingerprint density at radius 3 is 1.22 bits per heavy atom. The van der Waals surface area contributed by atoms with Crippen LogP contribution in [0.25, 0.3) is 0 Å². The average molecular weight is 504 g/mol. The van der Waals surface area contributed by atoms with Gasteiger partial charge in [0.25, 0.3) is 11.4 Å². The molecule has 0 saturated carbocycles. The molecule has 2 rings (SSSR count). The topological polar surface area (TPSA) is 191 Å². The number of methoxy groups -OCH3 is 2. The minimum absolute atomic E-state index is 0.203. The van der Waals surface area contributed by atoms with Crippen molar-refractivity contribution in [2.75, 3.05) is 14.2 Å². The van der Waals surface area contributed by atoms with E-state index in [2.05, 4.69) is 9.47 Å². The van der Waals surface area contributed by atoms with Gasteiger partial charge in [-0.25, -0.2) is 9.59 Å². The van der Waals surface area contributed by atoms with Gasteiger partial charge in [-0.15, -0.1) is 0 Å². The second-order valence-corrected chi connectivity index (χ2v) is 7.07. The first kappa shape index (κ1) is 27.4. The Balaban J connectivity index is 2.16. The molecule has 36 heavy (non-hydrogen) atoms. The van der Waals surface area contributed by atoms with Gasteiger partial charge < -0.3 is 18.9 Å². The Morgan fingerprint density at radius 2 is 0.972 bits per heavy atom. The number of esters is 4. The van der Waals surface area contributed by atoms with E-state index in [1.54, 1.807) is 0 Å². The first-order valence-electron chi connectivity index (χ1n) is 10.1. The lowest BCUT2D eigenvalue weighted by molar-refractivity contribution is -0.385. The largest absolute Gasteiger partial charge is 0.466 e. The van der Waals surface area contributed by atoms with E-state index in [0.29, 0.717) is 11.1 Å². The number of carbonyl (C=O) groups is 4. The molecule has 0 heterocycles. The number of rotatable bonds is 11. The zero-order valence-electron chi connectivity index (χ0n) is 19.0. The Kier molecular flexibility index (Phi) is 9.54. The fourth-order valence-corrected chi connectivity index (χ4v) is 2.87. The van der Waals surface area contributed by atoms with Crippen LogP contribution in [0.15, 0.2) is 48.5 Å². The van der Waals surface area contributed by atoms with Crippen molar-refractivity contribution in [1.82, 2.24) is 0 Å². The van der Waals surface area contributed by atoms with Gasteiger partial charge in [0.05, 0.1) is 36.9 Å². The lowest BCUT2D eigenvalue weighted by atomic mass is 10.1. The average Bonchev–Trinajstić information content (AvgIpc) is 2.85. The Morgan fingerprint density at radius 1 is 0.667 bits per heavy atom. The van der Waals surface area contributed by atoms with E-state index in [4.69, 9.17) is 9.47 Å². The van der Waals surface area contributed by atoms with Crippen LogP contribution in [0.3, 0.4) is 0 Å². The minimum Gasteiger partial charge on any atom is -0.466 e. The minimum atomic E-state index is -2.02. The molecule has 0 bridgehead atoms. The fourth-order valence-electron chi connectivity index (χ4n) is 2.87. The normalized spacial score (nSPS) is 11.9. The predicted molar refractivity (Wildman–Crippen MR) is 117 cm³/mol. The highest BCUT2D eigenvalue weighted by atomic mass is 16.6. The molecule has 0 amide bonds. The van der Waals surface area contributed by atoms with Gasteiger partial charge in [0, 0.05) is 24.3 Å². The van der Waals surface area contributed by atoms with Crippen LogP contribution in [0.4, 0.5) is 11.4 Å². The van der Waals surface area contributed by atoms with Gasteiger partial charge in [0.15, 0.2) is 0 Å². The number of ether oxygens (including phenoxy) is 4. The molecule has 2 aromatic carbocycles. The zero-order valence-corrected chi connectivity index (χ0v) is 19.0. The SMILES string of the molecule is COC(=O)[C@H](OC(=O)Cc1ccc([N+](=O)[O-])cc1)[C@@H](OC(=O)Cc1ccc([N+](=O)[O-])cc1)C(=O)OC. The molecular formula is C22H20N2O12. The van der Waals surface area contributed by atoms with Crippen LogP contribution >= 0.6 is 0 Å². The molecule has 0 saturated heterocycles. The van der Waals surface area contributed by atoms with Crippen molar-refractivity contribution in [3.63, 3.8) is 0 Å². The summed E-state index contributed by atoms with van der Waals surface area (Å²) < 4.78 is 19.3. The Hall–Kier alpha value is -4.88. The third-order valence-corrected chi connectivity index (χ3v) is 4.65. The molecule has 0 spiro atoms. The third-order valence-electron chi connectivity index (χ3n) is 4.65. The van der Waals surface area contributed by atoms with Crippen molar-refractivity contribution < 1.29 is 48.0 Å². The van der Waals surface area contributed by atoms with Crippen molar-refractivity contribution in [3.8, 4) is 0 Å². The maximum atomic E-state index is 12.4. The van der Waals surface area contributed by atoms with Crippen molar-refractivity contribution in [1.29, 1.82) is 0 Å². The number of benzene rings is 2. The maximum Gasteiger partial charge on any atom is 0.351 e. The number of hydrogen-bond donors (Lipinski definition) is 0. The maximum absolute atomic E-state index is 12.4. The van der Waals surface area contributed by atoms with Crippen molar-refractivity contribution in [2.45, 2.75) is 25.0 Å². The number of carbonyl (C=O) groups excluding carboxylic acids is 4. The smallest absolute Gasteiger partial charge is 0.351 e. The second kappa shape index (κ2) is 12.5. The number of nitrogens with zero attached hydrogens (tertiary/aromatic N) is 2. The summed E-state index contributed by atoms with van der Waals surface area (Å²) in [6.07, 6.45) is -4.91. The highest BCUT2D eigenvalue weighted by molar-refractivity contribution is 5.89. The molecule has 0 fully saturated rings. The summed E-state index contributed by atoms with van der Waals surface area (Å²) >= 11 is 0. The van der Waals surface area contributed by atoms with Gasteiger partial charge in [0.2, 0.25) is 12.2 Å². The van der Waals surface area contributed by atoms with Crippen LogP contribution in [-0.4, -0.2) is 60.2 Å². The highest BCUT2D eigenvalue weighted by Gasteiger charge is 2.42. The van der Waals surface area contributed by atoms with Crippen LogP contribution in [0, 0.1) is 20.2 Å². The Labute approximate surface area is 203 Å². The second-order valence-electron chi connectivity index (χ2n) is 7.07. The van der Waals surface area contributed by atoms with Crippen LogP contribution in [-0.2, 0) is 51.0 Å². The zero-order chi connectivity index (χ0) is 26.8. The molecule has 0 unspecified atom stereocenters. The lowest BCUT2D eigenvalue weighted by Crippen LogP contribution is -2.47. The van der Waals surface area contributed by atoms with Crippen molar-refractivity contribution >= 4 is 35.3 Å². The number of nitro benzene ring substituents is 2.